The topological polar surface area (TPSA) is 12.0 Å². The van der Waals surface area contributed by atoms with E-state index >= 15 is 0 Å². The Hall–Kier alpha value is -0.470. The summed E-state index contributed by atoms with van der Waals surface area (Å²) in [4.78, 5) is 1.52. The van der Waals surface area contributed by atoms with E-state index in [1.54, 1.807) is 5.56 Å². The largest absolute Gasteiger partial charge is 0.317 e. The van der Waals surface area contributed by atoms with Crippen molar-refractivity contribution >= 4 is 11.8 Å². The van der Waals surface area contributed by atoms with E-state index in [2.05, 4.69) is 36.6 Å². The van der Waals surface area contributed by atoms with Crippen LogP contribution in [0.2, 0.25) is 0 Å². The Labute approximate surface area is 121 Å². The van der Waals surface area contributed by atoms with Crippen molar-refractivity contribution < 1.29 is 0 Å². The molecule has 104 valence electrons. The molecular formula is C17H25NS. The molecule has 0 saturated heterocycles. The van der Waals surface area contributed by atoms with Gasteiger partial charge in [-0.15, -0.1) is 11.8 Å². The molecule has 0 aromatic heterocycles. The second kappa shape index (κ2) is 6.32. The summed E-state index contributed by atoms with van der Waals surface area (Å²) in [6, 6.07) is 9.74. The first-order valence-electron chi connectivity index (χ1n) is 7.77. The Balaban J connectivity index is 1.57. The molecule has 1 heterocycles. The van der Waals surface area contributed by atoms with E-state index < -0.39 is 0 Å². The lowest BCUT2D eigenvalue weighted by Crippen LogP contribution is -2.32. The second-order valence-corrected chi connectivity index (χ2v) is 7.12. The lowest BCUT2D eigenvalue weighted by Gasteiger charge is -2.24. The number of rotatable bonds is 5. The summed E-state index contributed by atoms with van der Waals surface area (Å²) in [5.41, 5.74) is 1.61. The lowest BCUT2D eigenvalue weighted by molar-refractivity contribution is 0.346. The highest BCUT2D eigenvalue weighted by Gasteiger charge is 2.27. The lowest BCUT2D eigenvalue weighted by atomic mass is 9.89. The van der Waals surface area contributed by atoms with E-state index in [0.717, 1.165) is 17.9 Å². The summed E-state index contributed by atoms with van der Waals surface area (Å²) in [7, 11) is 2.15. The molecule has 1 aromatic carbocycles. The maximum atomic E-state index is 3.59. The van der Waals surface area contributed by atoms with E-state index in [1.807, 2.05) is 11.8 Å². The number of hydrogen-bond acceptors (Lipinski definition) is 2. The number of thioether (sulfide) groups is 1. The third-order valence-electron chi connectivity index (χ3n) is 4.96. The van der Waals surface area contributed by atoms with E-state index in [9.17, 15) is 0 Å². The van der Waals surface area contributed by atoms with Crippen LogP contribution in [0.1, 0.15) is 50.0 Å². The van der Waals surface area contributed by atoms with Gasteiger partial charge in [0, 0.05) is 16.7 Å². The summed E-state index contributed by atoms with van der Waals surface area (Å²) in [6.07, 6.45) is 8.49. The summed E-state index contributed by atoms with van der Waals surface area (Å²) in [5.74, 6) is 3.02. The van der Waals surface area contributed by atoms with Crippen molar-refractivity contribution in [2.75, 3.05) is 12.8 Å². The van der Waals surface area contributed by atoms with E-state index in [1.165, 1.54) is 49.2 Å². The van der Waals surface area contributed by atoms with Crippen LogP contribution in [0.4, 0.5) is 0 Å². The predicted molar refractivity (Wildman–Crippen MR) is 83.9 cm³/mol. The van der Waals surface area contributed by atoms with Gasteiger partial charge in [-0.2, -0.15) is 0 Å². The third kappa shape index (κ3) is 3.00. The molecule has 1 N–H and O–H groups in total. The monoisotopic (exact) mass is 275 g/mol. The molecule has 1 aromatic rings. The first-order chi connectivity index (χ1) is 9.38. The Morgan fingerprint density at radius 1 is 1.26 bits per heavy atom. The maximum absolute atomic E-state index is 3.59. The van der Waals surface area contributed by atoms with Crippen molar-refractivity contribution in [2.24, 2.45) is 5.92 Å². The van der Waals surface area contributed by atoms with Crippen LogP contribution in [0.15, 0.2) is 29.2 Å². The molecule has 0 spiro atoms. The van der Waals surface area contributed by atoms with Crippen LogP contribution >= 0.6 is 11.8 Å². The van der Waals surface area contributed by atoms with Crippen LogP contribution in [0.5, 0.6) is 0 Å². The van der Waals surface area contributed by atoms with Crippen LogP contribution in [-0.2, 0) is 0 Å². The van der Waals surface area contributed by atoms with Gasteiger partial charge in [0.2, 0.25) is 0 Å². The number of hydrogen-bond donors (Lipinski definition) is 1. The minimum absolute atomic E-state index is 0.750. The van der Waals surface area contributed by atoms with Crippen molar-refractivity contribution in [3.8, 4) is 0 Å². The zero-order chi connectivity index (χ0) is 13.1. The van der Waals surface area contributed by atoms with Gasteiger partial charge in [-0.1, -0.05) is 31.0 Å². The zero-order valence-electron chi connectivity index (χ0n) is 11.9. The minimum Gasteiger partial charge on any atom is -0.317 e. The standard InChI is InChI=1S/C17H25NS/c1-18-16(13-6-2-3-7-13)11-10-14-12-19-17-9-5-4-8-15(14)17/h4-5,8-9,13-14,16,18H,2-3,6-7,10-12H2,1H3. The van der Waals surface area contributed by atoms with Crippen LogP contribution < -0.4 is 5.32 Å². The predicted octanol–water partition coefficient (Wildman–Crippen LogP) is 4.43. The fourth-order valence-electron chi connectivity index (χ4n) is 3.82. The fraction of sp³-hybridized carbons (Fsp3) is 0.647. The molecule has 3 rings (SSSR count). The second-order valence-electron chi connectivity index (χ2n) is 6.06. The summed E-state index contributed by atoms with van der Waals surface area (Å²) in [6.45, 7) is 0. The molecule has 1 aliphatic heterocycles. The molecular weight excluding hydrogens is 250 g/mol. The number of fused-ring (bicyclic) bond motifs is 1. The van der Waals surface area contributed by atoms with E-state index in [-0.39, 0.29) is 0 Å². The van der Waals surface area contributed by atoms with Crippen molar-refractivity contribution in [3.63, 3.8) is 0 Å². The van der Waals surface area contributed by atoms with Crippen LogP contribution in [0.3, 0.4) is 0 Å². The van der Waals surface area contributed by atoms with Crippen molar-refractivity contribution in [1.29, 1.82) is 0 Å². The van der Waals surface area contributed by atoms with Gasteiger partial charge < -0.3 is 5.32 Å². The van der Waals surface area contributed by atoms with E-state index in [0.29, 0.717) is 0 Å². The molecule has 1 aliphatic carbocycles. The van der Waals surface area contributed by atoms with Crippen molar-refractivity contribution in [3.05, 3.63) is 29.8 Å². The van der Waals surface area contributed by atoms with Crippen molar-refractivity contribution in [1.82, 2.24) is 5.32 Å². The van der Waals surface area contributed by atoms with Gasteiger partial charge in [0.15, 0.2) is 0 Å². The van der Waals surface area contributed by atoms with Gasteiger partial charge >= 0.3 is 0 Å². The normalized spacial score (nSPS) is 24.6. The molecule has 0 radical (unpaired) electrons. The third-order valence-corrected chi connectivity index (χ3v) is 6.22. The van der Waals surface area contributed by atoms with Crippen LogP contribution in [0, 0.1) is 5.92 Å². The average Bonchev–Trinajstić information content (AvgIpc) is 3.09. The Kier molecular flexibility index (Phi) is 4.49. The molecule has 0 bridgehead atoms. The molecule has 1 fully saturated rings. The maximum Gasteiger partial charge on any atom is 0.0107 e. The SMILES string of the molecule is CNC(CCC1CSc2ccccc21)C1CCCC1. The molecule has 1 saturated carbocycles. The minimum atomic E-state index is 0.750. The van der Waals surface area contributed by atoms with Crippen LogP contribution in [0.25, 0.3) is 0 Å². The van der Waals surface area contributed by atoms with E-state index in [4.69, 9.17) is 0 Å². The summed E-state index contributed by atoms with van der Waals surface area (Å²) in [5, 5.41) is 3.59. The molecule has 19 heavy (non-hydrogen) atoms. The van der Waals surface area contributed by atoms with Gasteiger partial charge in [-0.05, 0) is 56.2 Å². The van der Waals surface area contributed by atoms with Crippen molar-refractivity contribution in [2.45, 2.75) is 55.4 Å². The molecule has 2 aliphatic rings. The van der Waals surface area contributed by atoms with Gasteiger partial charge in [0.05, 0.1) is 0 Å². The summed E-state index contributed by atoms with van der Waals surface area (Å²) < 4.78 is 0. The Bertz CT molecular complexity index is 411. The first-order valence-corrected chi connectivity index (χ1v) is 8.76. The highest BCUT2D eigenvalue weighted by atomic mass is 32.2. The summed E-state index contributed by atoms with van der Waals surface area (Å²) >= 11 is 2.05. The van der Waals surface area contributed by atoms with Gasteiger partial charge in [-0.25, -0.2) is 0 Å². The first kappa shape index (κ1) is 13.5. The number of nitrogens with one attached hydrogen (secondary N) is 1. The molecule has 0 amide bonds. The number of benzene rings is 1. The van der Waals surface area contributed by atoms with Gasteiger partial charge in [0.25, 0.3) is 0 Å². The van der Waals surface area contributed by atoms with Crippen LogP contribution in [-0.4, -0.2) is 18.8 Å². The highest BCUT2D eigenvalue weighted by Crippen LogP contribution is 2.42. The quantitative estimate of drug-likeness (QED) is 0.853. The highest BCUT2D eigenvalue weighted by molar-refractivity contribution is 7.99. The zero-order valence-corrected chi connectivity index (χ0v) is 12.7. The average molecular weight is 275 g/mol. The molecule has 2 unspecified atom stereocenters. The Morgan fingerprint density at radius 2 is 2.05 bits per heavy atom. The van der Waals surface area contributed by atoms with Gasteiger partial charge in [0.1, 0.15) is 0 Å². The molecule has 2 atom stereocenters. The molecule has 2 heteroatoms. The molecule has 1 nitrogen and oxygen atoms in total. The Morgan fingerprint density at radius 3 is 2.84 bits per heavy atom. The fourth-order valence-corrected chi connectivity index (χ4v) is 5.13. The van der Waals surface area contributed by atoms with Gasteiger partial charge in [-0.3, -0.25) is 0 Å². The smallest absolute Gasteiger partial charge is 0.0107 e.